The number of nitrogens with one attached hydrogen (secondary N) is 1. The topological polar surface area (TPSA) is 87.0 Å². The average molecular weight is 429 g/mol. The zero-order valence-electron chi connectivity index (χ0n) is 17.2. The van der Waals surface area contributed by atoms with Crippen LogP contribution in [0, 0.1) is 0 Å². The molecule has 3 aromatic carbocycles. The predicted octanol–water partition coefficient (Wildman–Crippen LogP) is 5.20. The summed E-state index contributed by atoms with van der Waals surface area (Å²) in [5.41, 5.74) is 0.658. The van der Waals surface area contributed by atoms with E-state index in [-0.39, 0.29) is 24.9 Å². The number of hydrogen-bond acceptors (Lipinski definition) is 6. The van der Waals surface area contributed by atoms with E-state index in [0.29, 0.717) is 34.3 Å². The summed E-state index contributed by atoms with van der Waals surface area (Å²) in [4.78, 5) is 24.7. The molecule has 2 heterocycles. The molecule has 0 atom stereocenters. The molecule has 32 heavy (non-hydrogen) atoms. The van der Waals surface area contributed by atoms with Gasteiger partial charge in [-0.05, 0) is 48.0 Å². The highest BCUT2D eigenvalue weighted by atomic mass is 16.7. The van der Waals surface area contributed by atoms with E-state index in [1.807, 2.05) is 42.5 Å². The van der Waals surface area contributed by atoms with Crippen molar-refractivity contribution in [2.45, 2.75) is 13.5 Å². The van der Waals surface area contributed by atoms with Crippen molar-refractivity contribution in [1.29, 1.82) is 0 Å². The third kappa shape index (κ3) is 3.88. The molecule has 0 fully saturated rings. The highest BCUT2D eigenvalue weighted by molar-refractivity contribution is 6.08. The standard InChI is InChI=1S/C25H19NO6/c1-15(27)20-11-23-24(31-14-30-23)12-21(20)26-25(28)22-9-8-19(32-22)13-29-18-7-6-16-4-2-3-5-17(16)10-18/h2-12H,13-14H2,1H3,(H,26,28). The van der Waals surface area contributed by atoms with E-state index in [2.05, 4.69) is 5.32 Å². The number of amides is 1. The molecule has 0 radical (unpaired) electrons. The van der Waals surface area contributed by atoms with Crippen LogP contribution < -0.4 is 19.5 Å². The SMILES string of the molecule is CC(=O)c1cc2c(cc1NC(=O)c1ccc(COc3ccc4ccccc4c3)o1)OCO2. The summed E-state index contributed by atoms with van der Waals surface area (Å²) in [6.07, 6.45) is 0. The summed E-state index contributed by atoms with van der Waals surface area (Å²) in [6, 6.07) is 20.2. The second kappa shape index (κ2) is 8.11. The molecular formula is C25H19NO6. The largest absolute Gasteiger partial charge is 0.486 e. The van der Waals surface area contributed by atoms with E-state index >= 15 is 0 Å². The number of ketones is 1. The van der Waals surface area contributed by atoms with Crippen LogP contribution in [0.3, 0.4) is 0 Å². The summed E-state index contributed by atoms with van der Waals surface area (Å²) in [6.45, 7) is 1.67. The number of benzene rings is 3. The monoisotopic (exact) mass is 429 g/mol. The molecular weight excluding hydrogens is 410 g/mol. The van der Waals surface area contributed by atoms with Crippen LogP contribution in [0.1, 0.15) is 33.6 Å². The number of Topliss-reactive ketones (excluding diaryl/α,β-unsaturated/α-hetero) is 1. The van der Waals surface area contributed by atoms with E-state index in [1.54, 1.807) is 24.3 Å². The Kier molecular flexibility index (Phi) is 4.99. The van der Waals surface area contributed by atoms with E-state index < -0.39 is 5.91 Å². The number of anilines is 1. The van der Waals surface area contributed by atoms with E-state index in [1.165, 1.54) is 6.92 Å². The van der Waals surface area contributed by atoms with Crippen LogP contribution in [0.25, 0.3) is 10.8 Å². The van der Waals surface area contributed by atoms with Crippen LogP contribution in [0.2, 0.25) is 0 Å². The second-order valence-corrected chi connectivity index (χ2v) is 7.32. The van der Waals surface area contributed by atoms with Gasteiger partial charge >= 0.3 is 0 Å². The lowest BCUT2D eigenvalue weighted by Gasteiger charge is -2.09. The lowest BCUT2D eigenvalue weighted by molar-refractivity contribution is 0.0992. The molecule has 7 heteroatoms. The van der Waals surface area contributed by atoms with Crippen molar-refractivity contribution >= 4 is 28.2 Å². The molecule has 0 bridgehead atoms. The summed E-state index contributed by atoms with van der Waals surface area (Å²) in [5, 5.41) is 4.92. The number of furan rings is 1. The Morgan fingerprint density at radius 1 is 0.938 bits per heavy atom. The smallest absolute Gasteiger partial charge is 0.291 e. The van der Waals surface area contributed by atoms with Crippen molar-refractivity contribution in [3.8, 4) is 17.2 Å². The first-order valence-corrected chi connectivity index (χ1v) is 10.0. The van der Waals surface area contributed by atoms with Crippen LogP contribution in [0.5, 0.6) is 17.2 Å². The minimum atomic E-state index is -0.483. The maximum atomic E-state index is 12.7. The van der Waals surface area contributed by atoms with Crippen molar-refractivity contribution in [2.75, 3.05) is 12.1 Å². The van der Waals surface area contributed by atoms with Crippen molar-refractivity contribution in [3.63, 3.8) is 0 Å². The molecule has 1 N–H and O–H groups in total. The first-order chi connectivity index (χ1) is 15.6. The van der Waals surface area contributed by atoms with Crippen LogP contribution >= 0.6 is 0 Å². The molecule has 0 unspecified atom stereocenters. The fourth-order valence-electron chi connectivity index (χ4n) is 3.51. The molecule has 0 saturated heterocycles. The first kappa shape index (κ1) is 19.7. The van der Waals surface area contributed by atoms with Crippen molar-refractivity contribution < 1.29 is 28.2 Å². The quantitative estimate of drug-likeness (QED) is 0.424. The third-order valence-corrected chi connectivity index (χ3v) is 5.13. The van der Waals surface area contributed by atoms with Gasteiger partial charge in [0.15, 0.2) is 23.0 Å². The number of fused-ring (bicyclic) bond motifs is 2. The van der Waals surface area contributed by atoms with E-state index in [4.69, 9.17) is 18.6 Å². The Balaban J connectivity index is 1.28. The van der Waals surface area contributed by atoms with Gasteiger partial charge in [0.05, 0.1) is 5.69 Å². The molecule has 5 rings (SSSR count). The van der Waals surface area contributed by atoms with Gasteiger partial charge in [0, 0.05) is 11.6 Å². The lowest BCUT2D eigenvalue weighted by Crippen LogP contribution is -2.13. The van der Waals surface area contributed by atoms with Gasteiger partial charge in [0.2, 0.25) is 6.79 Å². The summed E-state index contributed by atoms with van der Waals surface area (Å²) in [5.74, 6) is 1.56. The van der Waals surface area contributed by atoms with Gasteiger partial charge in [0.1, 0.15) is 18.1 Å². The molecule has 4 aromatic rings. The van der Waals surface area contributed by atoms with Crippen LogP contribution in [0.15, 0.2) is 71.1 Å². The molecule has 7 nitrogen and oxygen atoms in total. The van der Waals surface area contributed by atoms with E-state index in [0.717, 1.165) is 10.8 Å². The lowest BCUT2D eigenvalue weighted by atomic mass is 10.1. The molecule has 1 amide bonds. The Morgan fingerprint density at radius 2 is 1.72 bits per heavy atom. The summed E-state index contributed by atoms with van der Waals surface area (Å²) in [7, 11) is 0. The first-order valence-electron chi connectivity index (χ1n) is 10.0. The number of ether oxygens (including phenoxy) is 3. The zero-order valence-corrected chi connectivity index (χ0v) is 17.2. The van der Waals surface area contributed by atoms with Crippen molar-refractivity contribution in [3.05, 3.63) is 83.8 Å². The zero-order chi connectivity index (χ0) is 22.1. The minimum Gasteiger partial charge on any atom is -0.486 e. The van der Waals surface area contributed by atoms with Gasteiger partial charge in [-0.15, -0.1) is 0 Å². The fraction of sp³-hybridized carbons (Fsp3) is 0.120. The number of carbonyl (C=O) groups is 2. The molecule has 1 aliphatic rings. The molecule has 1 aromatic heterocycles. The number of carbonyl (C=O) groups excluding carboxylic acids is 2. The van der Waals surface area contributed by atoms with Crippen molar-refractivity contribution in [1.82, 2.24) is 0 Å². The van der Waals surface area contributed by atoms with Gasteiger partial charge in [-0.2, -0.15) is 0 Å². The Morgan fingerprint density at radius 3 is 2.53 bits per heavy atom. The summed E-state index contributed by atoms with van der Waals surface area (Å²) >= 11 is 0. The third-order valence-electron chi connectivity index (χ3n) is 5.13. The van der Waals surface area contributed by atoms with Gasteiger partial charge < -0.3 is 23.9 Å². The number of rotatable bonds is 6. The highest BCUT2D eigenvalue weighted by Gasteiger charge is 2.21. The molecule has 1 aliphatic heterocycles. The van der Waals surface area contributed by atoms with Gasteiger partial charge in [-0.1, -0.05) is 30.3 Å². The van der Waals surface area contributed by atoms with Gasteiger partial charge in [0.25, 0.3) is 5.91 Å². The number of hydrogen-bond donors (Lipinski definition) is 1. The average Bonchev–Trinajstić information content (AvgIpc) is 3.46. The predicted molar refractivity (Wildman–Crippen MR) is 118 cm³/mol. The maximum absolute atomic E-state index is 12.7. The minimum absolute atomic E-state index is 0.0723. The molecule has 0 spiro atoms. The van der Waals surface area contributed by atoms with Crippen LogP contribution in [-0.2, 0) is 6.61 Å². The normalized spacial score (nSPS) is 12.0. The molecule has 0 aliphatic carbocycles. The van der Waals surface area contributed by atoms with Crippen molar-refractivity contribution in [2.24, 2.45) is 0 Å². The molecule has 0 saturated carbocycles. The van der Waals surface area contributed by atoms with Gasteiger partial charge in [-0.3, -0.25) is 9.59 Å². The maximum Gasteiger partial charge on any atom is 0.291 e. The Hall–Kier alpha value is -4.26. The fourth-order valence-corrected chi connectivity index (χ4v) is 3.51. The summed E-state index contributed by atoms with van der Waals surface area (Å²) < 4.78 is 22.1. The Bertz CT molecular complexity index is 1340. The van der Waals surface area contributed by atoms with Crippen LogP contribution in [-0.4, -0.2) is 18.5 Å². The highest BCUT2D eigenvalue weighted by Crippen LogP contribution is 2.37. The van der Waals surface area contributed by atoms with Gasteiger partial charge in [-0.25, -0.2) is 0 Å². The van der Waals surface area contributed by atoms with Crippen LogP contribution in [0.4, 0.5) is 5.69 Å². The Labute approximate surface area is 183 Å². The second-order valence-electron chi connectivity index (χ2n) is 7.32. The van der Waals surface area contributed by atoms with E-state index in [9.17, 15) is 9.59 Å². The molecule has 160 valence electrons.